The minimum Gasteiger partial charge on any atom is -0.479 e. The Morgan fingerprint density at radius 1 is 1.32 bits per heavy atom. The van der Waals surface area contributed by atoms with Crippen molar-refractivity contribution in [1.29, 1.82) is 0 Å². The highest BCUT2D eigenvalue weighted by molar-refractivity contribution is 6.00. The van der Waals surface area contributed by atoms with E-state index in [2.05, 4.69) is 0 Å². The second kappa shape index (κ2) is 6.90. The van der Waals surface area contributed by atoms with Crippen molar-refractivity contribution >= 4 is 11.9 Å². The number of hydrogen-bond donors (Lipinski definition) is 1. The van der Waals surface area contributed by atoms with Gasteiger partial charge in [-0.05, 0) is 29.8 Å². The highest BCUT2D eigenvalue weighted by atomic mass is 19.1. The van der Waals surface area contributed by atoms with Crippen LogP contribution >= 0.6 is 0 Å². The molecule has 0 spiro atoms. The van der Waals surface area contributed by atoms with Crippen molar-refractivity contribution in [3.63, 3.8) is 0 Å². The SMILES string of the molecule is COCOc1ccc(F)cc1C(C(=O)O)N1Cc2ccccc2C1=O. The Hall–Kier alpha value is -2.93. The second-order valence-corrected chi connectivity index (χ2v) is 5.56. The van der Waals surface area contributed by atoms with Crippen LogP contribution in [-0.4, -0.2) is 35.8 Å². The number of methoxy groups -OCH3 is 1. The van der Waals surface area contributed by atoms with Crippen molar-refractivity contribution in [3.8, 4) is 5.75 Å². The average molecular weight is 345 g/mol. The first-order chi connectivity index (χ1) is 12.0. The number of fused-ring (bicyclic) bond motifs is 1. The summed E-state index contributed by atoms with van der Waals surface area (Å²) < 4.78 is 23.9. The fourth-order valence-corrected chi connectivity index (χ4v) is 2.91. The summed E-state index contributed by atoms with van der Waals surface area (Å²) in [5.41, 5.74) is 1.24. The van der Waals surface area contributed by atoms with E-state index < -0.39 is 23.7 Å². The third-order valence-corrected chi connectivity index (χ3v) is 3.99. The van der Waals surface area contributed by atoms with Gasteiger partial charge in [0.15, 0.2) is 12.8 Å². The van der Waals surface area contributed by atoms with Crippen LogP contribution < -0.4 is 4.74 Å². The minimum atomic E-state index is -1.37. The number of aliphatic carboxylic acids is 1. The van der Waals surface area contributed by atoms with Crippen LogP contribution in [0.25, 0.3) is 0 Å². The molecule has 0 aromatic heterocycles. The molecule has 0 saturated carbocycles. The third kappa shape index (κ3) is 3.18. The first-order valence-electron chi connectivity index (χ1n) is 7.55. The Balaban J connectivity index is 2.02. The van der Waals surface area contributed by atoms with Gasteiger partial charge in [0.25, 0.3) is 5.91 Å². The van der Waals surface area contributed by atoms with Crippen molar-refractivity contribution < 1.29 is 28.6 Å². The molecular formula is C18H16FNO5. The largest absolute Gasteiger partial charge is 0.479 e. The normalized spacial score (nSPS) is 14.3. The molecule has 0 radical (unpaired) electrons. The molecule has 1 atom stereocenters. The molecular weight excluding hydrogens is 329 g/mol. The van der Waals surface area contributed by atoms with Gasteiger partial charge in [0, 0.05) is 24.8 Å². The summed E-state index contributed by atoms with van der Waals surface area (Å²) in [6.45, 7) is 0.00531. The Morgan fingerprint density at radius 2 is 2.08 bits per heavy atom. The van der Waals surface area contributed by atoms with Crippen LogP contribution in [-0.2, 0) is 16.1 Å². The maximum Gasteiger partial charge on any atom is 0.331 e. The molecule has 0 fully saturated rings. The van der Waals surface area contributed by atoms with E-state index in [1.165, 1.54) is 18.1 Å². The zero-order chi connectivity index (χ0) is 18.0. The van der Waals surface area contributed by atoms with Gasteiger partial charge >= 0.3 is 5.97 Å². The minimum absolute atomic E-state index is 0.0608. The topological polar surface area (TPSA) is 76.1 Å². The summed E-state index contributed by atoms with van der Waals surface area (Å²) in [5, 5.41) is 9.72. The van der Waals surface area contributed by atoms with E-state index in [1.807, 2.05) is 0 Å². The molecule has 7 heteroatoms. The van der Waals surface area contributed by atoms with Gasteiger partial charge in [0.2, 0.25) is 0 Å². The number of carbonyl (C=O) groups is 2. The van der Waals surface area contributed by atoms with E-state index in [0.717, 1.165) is 17.7 Å². The quantitative estimate of drug-likeness (QED) is 0.815. The lowest BCUT2D eigenvalue weighted by Gasteiger charge is -2.26. The number of benzene rings is 2. The molecule has 0 bridgehead atoms. The lowest BCUT2D eigenvalue weighted by atomic mass is 10.0. The maximum absolute atomic E-state index is 13.8. The van der Waals surface area contributed by atoms with E-state index in [1.54, 1.807) is 24.3 Å². The zero-order valence-electron chi connectivity index (χ0n) is 13.4. The number of amides is 1. The molecule has 1 N–H and O–H groups in total. The third-order valence-electron chi connectivity index (χ3n) is 3.99. The second-order valence-electron chi connectivity index (χ2n) is 5.56. The Labute approximate surface area is 143 Å². The van der Waals surface area contributed by atoms with Crippen molar-refractivity contribution in [2.45, 2.75) is 12.6 Å². The number of halogens is 1. The van der Waals surface area contributed by atoms with Gasteiger partial charge in [-0.1, -0.05) is 18.2 Å². The standard InChI is InChI=1S/C18H16FNO5/c1-24-10-25-15-7-6-12(19)8-14(15)16(18(22)23)20-9-11-4-2-3-5-13(11)17(20)21/h2-8,16H,9-10H2,1H3,(H,22,23). The molecule has 130 valence electrons. The first kappa shape index (κ1) is 16.9. The number of ether oxygens (including phenoxy) is 2. The van der Waals surface area contributed by atoms with Crippen LogP contribution in [0.4, 0.5) is 4.39 Å². The van der Waals surface area contributed by atoms with Gasteiger partial charge in [-0.15, -0.1) is 0 Å². The molecule has 1 heterocycles. The van der Waals surface area contributed by atoms with Gasteiger partial charge in [-0.25, -0.2) is 9.18 Å². The molecule has 3 rings (SSSR count). The number of nitrogens with zero attached hydrogens (tertiary/aromatic N) is 1. The average Bonchev–Trinajstić information content (AvgIpc) is 2.91. The maximum atomic E-state index is 13.8. The summed E-state index contributed by atoms with van der Waals surface area (Å²) in [5.74, 6) is -2.14. The molecule has 1 unspecified atom stereocenters. The van der Waals surface area contributed by atoms with Crippen LogP contribution in [0.15, 0.2) is 42.5 Å². The summed E-state index contributed by atoms with van der Waals surface area (Å²) in [4.78, 5) is 25.7. The van der Waals surface area contributed by atoms with Crippen molar-refractivity contribution in [2.75, 3.05) is 13.9 Å². The van der Waals surface area contributed by atoms with Crippen LogP contribution in [0.3, 0.4) is 0 Å². The van der Waals surface area contributed by atoms with Crippen LogP contribution in [0.1, 0.15) is 27.5 Å². The van der Waals surface area contributed by atoms with Crippen LogP contribution in [0.5, 0.6) is 5.75 Å². The van der Waals surface area contributed by atoms with E-state index in [-0.39, 0.29) is 24.7 Å². The number of carboxylic acid groups (broad SMARTS) is 1. The molecule has 2 aromatic carbocycles. The summed E-state index contributed by atoms with van der Waals surface area (Å²) >= 11 is 0. The fourth-order valence-electron chi connectivity index (χ4n) is 2.91. The van der Waals surface area contributed by atoms with Crippen molar-refractivity contribution in [2.24, 2.45) is 0 Å². The predicted octanol–water partition coefficient (Wildman–Crippen LogP) is 2.59. The highest BCUT2D eigenvalue weighted by Gasteiger charge is 2.38. The number of rotatable bonds is 6. The van der Waals surface area contributed by atoms with Gasteiger partial charge in [0.1, 0.15) is 11.6 Å². The Bertz CT molecular complexity index is 823. The van der Waals surface area contributed by atoms with Gasteiger partial charge in [0.05, 0.1) is 0 Å². The van der Waals surface area contributed by atoms with E-state index in [9.17, 15) is 19.1 Å². The number of hydrogen-bond acceptors (Lipinski definition) is 4. The molecule has 25 heavy (non-hydrogen) atoms. The predicted molar refractivity (Wildman–Crippen MR) is 85.6 cm³/mol. The van der Waals surface area contributed by atoms with Gasteiger partial charge in [-0.3, -0.25) is 4.79 Å². The molecule has 2 aromatic rings. The van der Waals surface area contributed by atoms with Crippen molar-refractivity contribution in [1.82, 2.24) is 4.90 Å². The fraction of sp³-hybridized carbons (Fsp3) is 0.222. The Morgan fingerprint density at radius 3 is 2.76 bits per heavy atom. The summed E-state index contributed by atoms with van der Waals surface area (Å²) in [6, 6.07) is 9.08. The molecule has 0 aliphatic carbocycles. The monoisotopic (exact) mass is 345 g/mol. The van der Waals surface area contributed by atoms with E-state index >= 15 is 0 Å². The smallest absolute Gasteiger partial charge is 0.331 e. The van der Waals surface area contributed by atoms with Gasteiger partial charge in [-0.2, -0.15) is 0 Å². The Kier molecular flexibility index (Phi) is 4.67. The lowest BCUT2D eigenvalue weighted by molar-refractivity contribution is -0.142. The molecule has 1 aliphatic heterocycles. The molecule has 1 aliphatic rings. The number of carbonyl (C=O) groups excluding carboxylic acids is 1. The van der Waals surface area contributed by atoms with Crippen LogP contribution in [0, 0.1) is 5.82 Å². The molecule has 1 amide bonds. The van der Waals surface area contributed by atoms with Gasteiger partial charge < -0.3 is 19.5 Å². The molecule has 0 saturated heterocycles. The lowest BCUT2D eigenvalue weighted by Crippen LogP contribution is -2.34. The van der Waals surface area contributed by atoms with Crippen LogP contribution in [0.2, 0.25) is 0 Å². The molecule has 6 nitrogen and oxygen atoms in total. The van der Waals surface area contributed by atoms with E-state index in [4.69, 9.17) is 9.47 Å². The first-order valence-corrected chi connectivity index (χ1v) is 7.55. The zero-order valence-corrected chi connectivity index (χ0v) is 13.4. The highest BCUT2D eigenvalue weighted by Crippen LogP contribution is 2.36. The summed E-state index contributed by atoms with van der Waals surface area (Å²) in [6.07, 6.45) is 0. The number of carboxylic acids is 1. The van der Waals surface area contributed by atoms with E-state index in [0.29, 0.717) is 5.56 Å². The summed E-state index contributed by atoms with van der Waals surface area (Å²) in [7, 11) is 1.42. The van der Waals surface area contributed by atoms with Crippen molar-refractivity contribution in [3.05, 3.63) is 65.0 Å².